The number of nitrogens with one attached hydrogen (secondary N) is 1. The Morgan fingerprint density at radius 3 is 2.59 bits per heavy atom. The average molecular weight is 389 g/mol. The second-order valence-corrected chi connectivity index (χ2v) is 8.60. The SMILES string of the molecule is Cc1ccc(C(CNC(=O)c2ccccc2SC(C)C)N2CCOCC2)o1. The van der Waals surface area contributed by atoms with Crippen molar-refractivity contribution in [3.05, 3.63) is 53.5 Å². The third kappa shape index (κ3) is 5.37. The highest BCUT2D eigenvalue weighted by atomic mass is 32.2. The molecule has 27 heavy (non-hydrogen) atoms. The van der Waals surface area contributed by atoms with Crippen molar-refractivity contribution in [2.45, 2.75) is 37.0 Å². The number of carbonyl (C=O) groups excluding carboxylic acids is 1. The van der Waals surface area contributed by atoms with Crippen molar-refractivity contribution < 1.29 is 13.9 Å². The second kappa shape index (κ2) is 9.44. The molecule has 3 rings (SSSR count). The molecule has 1 saturated heterocycles. The summed E-state index contributed by atoms with van der Waals surface area (Å²) in [6.45, 7) is 9.79. The van der Waals surface area contributed by atoms with E-state index >= 15 is 0 Å². The van der Waals surface area contributed by atoms with Gasteiger partial charge >= 0.3 is 0 Å². The van der Waals surface area contributed by atoms with Gasteiger partial charge in [0.25, 0.3) is 5.91 Å². The average Bonchev–Trinajstić information content (AvgIpc) is 3.08. The quantitative estimate of drug-likeness (QED) is 0.729. The van der Waals surface area contributed by atoms with Gasteiger partial charge in [-0.25, -0.2) is 0 Å². The number of amides is 1. The van der Waals surface area contributed by atoms with Crippen LogP contribution >= 0.6 is 11.8 Å². The Hall–Kier alpha value is -1.76. The molecule has 1 atom stereocenters. The fourth-order valence-electron chi connectivity index (χ4n) is 3.23. The number of benzene rings is 1. The Morgan fingerprint density at radius 1 is 1.19 bits per heavy atom. The Bertz CT molecular complexity index is 753. The molecule has 2 aromatic rings. The van der Waals surface area contributed by atoms with Gasteiger partial charge in [0.15, 0.2) is 0 Å². The summed E-state index contributed by atoms with van der Waals surface area (Å²) in [5.41, 5.74) is 0.729. The van der Waals surface area contributed by atoms with Gasteiger partial charge in [-0.1, -0.05) is 26.0 Å². The molecule has 0 radical (unpaired) electrons. The number of nitrogens with zero attached hydrogens (tertiary/aromatic N) is 1. The van der Waals surface area contributed by atoms with E-state index in [1.165, 1.54) is 0 Å². The molecule has 1 fully saturated rings. The van der Waals surface area contributed by atoms with Crippen LogP contribution in [0.5, 0.6) is 0 Å². The highest BCUT2D eigenvalue weighted by Gasteiger charge is 2.26. The van der Waals surface area contributed by atoms with Crippen LogP contribution < -0.4 is 5.32 Å². The largest absolute Gasteiger partial charge is 0.465 e. The van der Waals surface area contributed by atoms with Gasteiger partial charge in [-0.2, -0.15) is 0 Å². The molecule has 1 aliphatic rings. The molecule has 1 N–H and O–H groups in total. The molecular formula is C21H28N2O3S. The second-order valence-electron chi connectivity index (χ2n) is 6.99. The Morgan fingerprint density at radius 2 is 1.93 bits per heavy atom. The predicted octanol–water partition coefficient (Wildman–Crippen LogP) is 3.89. The lowest BCUT2D eigenvalue weighted by atomic mass is 10.1. The van der Waals surface area contributed by atoms with Gasteiger partial charge < -0.3 is 14.5 Å². The molecule has 2 heterocycles. The molecule has 0 saturated carbocycles. The van der Waals surface area contributed by atoms with Crippen molar-refractivity contribution >= 4 is 17.7 Å². The first-order chi connectivity index (χ1) is 13.0. The normalized spacial score (nSPS) is 16.4. The van der Waals surface area contributed by atoms with Crippen molar-refractivity contribution in [1.29, 1.82) is 0 Å². The maximum Gasteiger partial charge on any atom is 0.252 e. The summed E-state index contributed by atoms with van der Waals surface area (Å²) in [5, 5.41) is 3.55. The standard InChI is InChI=1S/C21H28N2O3S/c1-15(2)27-20-7-5-4-6-17(20)21(24)22-14-18(19-9-8-16(3)26-19)23-10-12-25-13-11-23/h4-9,15,18H,10-14H2,1-3H3,(H,22,24). The molecule has 0 bridgehead atoms. The highest BCUT2D eigenvalue weighted by Crippen LogP contribution is 2.27. The Kier molecular flexibility index (Phi) is 6.99. The van der Waals surface area contributed by atoms with E-state index in [1.54, 1.807) is 11.8 Å². The summed E-state index contributed by atoms with van der Waals surface area (Å²) >= 11 is 1.71. The first-order valence-electron chi connectivity index (χ1n) is 9.46. The van der Waals surface area contributed by atoms with E-state index in [0.29, 0.717) is 25.0 Å². The molecule has 146 valence electrons. The van der Waals surface area contributed by atoms with Gasteiger partial charge in [-0.05, 0) is 31.2 Å². The third-order valence-electron chi connectivity index (χ3n) is 4.53. The number of thioether (sulfide) groups is 1. The Labute approximate surface area is 165 Å². The monoisotopic (exact) mass is 388 g/mol. The van der Waals surface area contributed by atoms with Crippen molar-refractivity contribution in [2.75, 3.05) is 32.8 Å². The number of hydrogen-bond donors (Lipinski definition) is 1. The zero-order chi connectivity index (χ0) is 19.2. The molecule has 1 aromatic heterocycles. The van der Waals surface area contributed by atoms with Crippen LogP contribution in [-0.2, 0) is 4.74 Å². The number of carbonyl (C=O) groups is 1. The van der Waals surface area contributed by atoms with Crippen LogP contribution in [0, 0.1) is 6.92 Å². The summed E-state index contributed by atoms with van der Waals surface area (Å²) in [6, 6.07) is 11.8. The van der Waals surface area contributed by atoms with E-state index in [9.17, 15) is 4.79 Å². The van der Waals surface area contributed by atoms with E-state index in [1.807, 2.05) is 43.3 Å². The van der Waals surface area contributed by atoms with Crippen molar-refractivity contribution in [3.8, 4) is 0 Å². The lowest BCUT2D eigenvalue weighted by Crippen LogP contribution is -2.43. The first-order valence-corrected chi connectivity index (χ1v) is 10.3. The minimum Gasteiger partial charge on any atom is -0.465 e. The zero-order valence-corrected chi connectivity index (χ0v) is 17.1. The van der Waals surface area contributed by atoms with Gasteiger partial charge in [-0.3, -0.25) is 9.69 Å². The number of morpholine rings is 1. The predicted molar refractivity (Wildman–Crippen MR) is 108 cm³/mol. The smallest absolute Gasteiger partial charge is 0.252 e. The molecule has 1 aromatic carbocycles. The number of aryl methyl sites for hydroxylation is 1. The van der Waals surface area contributed by atoms with Crippen molar-refractivity contribution in [3.63, 3.8) is 0 Å². The molecule has 1 aliphatic heterocycles. The van der Waals surface area contributed by atoms with Crippen LogP contribution in [0.2, 0.25) is 0 Å². The van der Waals surface area contributed by atoms with Crippen molar-refractivity contribution in [1.82, 2.24) is 10.2 Å². The van der Waals surface area contributed by atoms with Gasteiger partial charge in [0.2, 0.25) is 0 Å². The number of hydrogen-bond acceptors (Lipinski definition) is 5. The van der Waals surface area contributed by atoms with E-state index in [2.05, 4.69) is 24.1 Å². The molecule has 1 unspecified atom stereocenters. The van der Waals surface area contributed by atoms with Crippen LogP contribution in [0.3, 0.4) is 0 Å². The maximum atomic E-state index is 12.9. The number of furan rings is 1. The topological polar surface area (TPSA) is 54.7 Å². The molecule has 1 amide bonds. The summed E-state index contributed by atoms with van der Waals surface area (Å²) in [5.74, 6) is 1.73. The molecule has 0 aliphatic carbocycles. The highest BCUT2D eigenvalue weighted by molar-refractivity contribution is 8.00. The van der Waals surface area contributed by atoms with Crippen LogP contribution in [0.1, 0.15) is 41.8 Å². The van der Waals surface area contributed by atoms with E-state index in [-0.39, 0.29) is 11.9 Å². The summed E-state index contributed by atoms with van der Waals surface area (Å²) in [7, 11) is 0. The van der Waals surface area contributed by atoms with Gasteiger partial charge in [0.1, 0.15) is 11.5 Å². The summed E-state index contributed by atoms with van der Waals surface area (Å²) < 4.78 is 11.4. The lowest BCUT2D eigenvalue weighted by Gasteiger charge is -2.33. The molecule has 0 spiro atoms. The van der Waals surface area contributed by atoms with Crippen LogP contribution in [-0.4, -0.2) is 48.9 Å². The fourth-order valence-corrected chi connectivity index (χ4v) is 4.18. The van der Waals surface area contributed by atoms with Crippen LogP contribution in [0.4, 0.5) is 0 Å². The molecule has 6 heteroatoms. The third-order valence-corrected chi connectivity index (χ3v) is 5.61. The number of rotatable bonds is 7. The van der Waals surface area contributed by atoms with E-state index < -0.39 is 0 Å². The maximum absolute atomic E-state index is 12.9. The van der Waals surface area contributed by atoms with Gasteiger partial charge in [0, 0.05) is 29.8 Å². The summed E-state index contributed by atoms with van der Waals surface area (Å²) in [4.78, 5) is 16.2. The van der Waals surface area contributed by atoms with E-state index in [0.717, 1.165) is 35.1 Å². The van der Waals surface area contributed by atoms with Crippen LogP contribution in [0.25, 0.3) is 0 Å². The summed E-state index contributed by atoms with van der Waals surface area (Å²) in [6.07, 6.45) is 0. The van der Waals surface area contributed by atoms with Gasteiger partial charge in [0.05, 0.1) is 24.8 Å². The number of ether oxygens (including phenoxy) is 1. The lowest BCUT2D eigenvalue weighted by molar-refractivity contribution is 0.0117. The zero-order valence-electron chi connectivity index (χ0n) is 16.2. The van der Waals surface area contributed by atoms with Gasteiger partial charge in [-0.15, -0.1) is 11.8 Å². The Balaban J connectivity index is 1.72. The molecular weight excluding hydrogens is 360 g/mol. The molecule has 5 nitrogen and oxygen atoms in total. The first kappa shape index (κ1) is 20.0. The minimum atomic E-state index is -0.0414. The van der Waals surface area contributed by atoms with E-state index in [4.69, 9.17) is 9.15 Å². The van der Waals surface area contributed by atoms with Crippen molar-refractivity contribution in [2.24, 2.45) is 0 Å². The minimum absolute atomic E-state index is 0.0106. The fraction of sp³-hybridized carbons (Fsp3) is 0.476. The van der Waals surface area contributed by atoms with Crippen LogP contribution in [0.15, 0.2) is 45.7 Å².